The average Bonchev–Trinajstić information content (AvgIpc) is 2.34. The van der Waals surface area contributed by atoms with Gasteiger partial charge in [0.05, 0.1) is 12.7 Å². The first-order valence-corrected chi connectivity index (χ1v) is 5.61. The van der Waals surface area contributed by atoms with Crippen LogP contribution in [0.15, 0.2) is 35.3 Å². The second-order valence-corrected chi connectivity index (χ2v) is 4.16. The Morgan fingerprint density at radius 1 is 1.39 bits per heavy atom. The first kappa shape index (κ1) is 12.4. The lowest BCUT2D eigenvalue weighted by Gasteiger charge is -2.07. The number of rotatable bonds is 3. The van der Waals surface area contributed by atoms with E-state index in [0.717, 1.165) is 11.1 Å². The van der Waals surface area contributed by atoms with Crippen molar-refractivity contribution < 1.29 is 4.39 Å². The van der Waals surface area contributed by atoms with Gasteiger partial charge < -0.3 is 5.73 Å². The lowest BCUT2D eigenvalue weighted by atomic mass is 10.1. The van der Waals surface area contributed by atoms with Crippen molar-refractivity contribution in [2.75, 3.05) is 0 Å². The van der Waals surface area contributed by atoms with Gasteiger partial charge in [-0.3, -0.25) is 4.79 Å². The maximum atomic E-state index is 13.7. The molecule has 0 saturated carbocycles. The third-order valence-corrected chi connectivity index (χ3v) is 2.68. The Morgan fingerprint density at radius 3 is 2.78 bits per heavy atom. The Morgan fingerprint density at radius 2 is 2.17 bits per heavy atom. The number of benzene rings is 1. The molecular weight excluding hydrogens is 233 g/mol. The molecule has 1 heterocycles. The summed E-state index contributed by atoms with van der Waals surface area (Å²) in [5.74, 6) is -0.368. The van der Waals surface area contributed by atoms with Gasteiger partial charge in [0.25, 0.3) is 5.56 Å². The van der Waals surface area contributed by atoms with Crippen molar-refractivity contribution >= 4 is 0 Å². The maximum Gasteiger partial charge on any atom is 0.267 e. The van der Waals surface area contributed by atoms with Crippen LogP contribution in [0, 0.1) is 12.7 Å². The topological polar surface area (TPSA) is 60.9 Å². The summed E-state index contributed by atoms with van der Waals surface area (Å²) in [5, 5.41) is 3.97. The molecule has 2 aromatic rings. The summed E-state index contributed by atoms with van der Waals surface area (Å²) in [4.78, 5) is 11.6. The molecule has 0 atom stereocenters. The molecule has 4 nitrogen and oxygen atoms in total. The van der Waals surface area contributed by atoms with Crippen LogP contribution in [0.1, 0.15) is 16.7 Å². The first-order valence-electron chi connectivity index (χ1n) is 5.61. The largest absolute Gasteiger partial charge is 0.326 e. The summed E-state index contributed by atoms with van der Waals surface area (Å²) in [5.41, 5.74) is 7.12. The highest BCUT2D eigenvalue weighted by atomic mass is 19.1. The molecular formula is C13H14FN3O. The Bertz CT molecular complexity index is 622. The van der Waals surface area contributed by atoms with E-state index < -0.39 is 0 Å². The van der Waals surface area contributed by atoms with Crippen LogP contribution >= 0.6 is 0 Å². The Balaban J connectivity index is 2.31. The quantitative estimate of drug-likeness (QED) is 0.886. The Kier molecular flexibility index (Phi) is 3.53. The number of nitrogens with two attached hydrogens (primary N) is 1. The predicted molar refractivity (Wildman–Crippen MR) is 66.6 cm³/mol. The van der Waals surface area contributed by atoms with Crippen LogP contribution < -0.4 is 11.3 Å². The molecule has 0 radical (unpaired) electrons. The van der Waals surface area contributed by atoms with Crippen LogP contribution in [-0.2, 0) is 13.1 Å². The molecule has 0 aliphatic carbocycles. The van der Waals surface area contributed by atoms with Gasteiger partial charge in [0.15, 0.2) is 0 Å². The fourth-order valence-corrected chi connectivity index (χ4v) is 1.65. The fourth-order valence-electron chi connectivity index (χ4n) is 1.65. The summed E-state index contributed by atoms with van der Waals surface area (Å²) < 4.78 is 15.0. The van der Waals surface area contributed by atoms with E-state index in [2.05, 4.69) is 5.10 Å². The fraction of sp³-hybridized carbons (Fsp3) is 0.231. The van der Waals surface area contributed by atoms with Gasteiger partial charge in [-0.2, -0.15) is 5.10 Å². The molecule has 0 amide bonds. The monoisotopic (exact) mass is 247 g/mol. The molecule has 2 N–H and O–H groups in total. The third kappa shape index (κ3) is 2.62. The lowest BCUT2D eigenvalue weighted by molar-refractivity contribution is 0.570. The van der Waals surface area contributed by atoms with Crippen LogP contribution in [0.2, 0.25) is 0 Å². The van der Waals surface area contributed by atoms with E-state index in [0.29, 0.717) is 12.1 Å². The second kappa shape index (κ2) is 5.10. The van der Waals surface area contributed by atoms with Crippen LogP contribution in [0.5, 0.6) is 0 Å². The molecule has 0 spiro atoms. The molecule has 0 aliphatic heterocycles. The molecule has 1 aromatic carbocycles. The molecule has 0 aliphatic rings. The molecule has 0 bridgehead atoms. The molecule has 0 unspecified atom stereocenters. The second-order valence-electron chi connectivity index (χ2n) is 4.16. The van der Waals surface area contributed by atoms with E-state index in [9.17, 15) is 9.18 Å². The van der Waals surface area contributed by atoms with E-state index in [-0.39, 0.29) is 17.9 Å². The smallest absolute Gasteiger partial charge is 0.267 e. The lowest BCUT2D eigenvalue weighted by Crippen LogP contribution is -2.23. The maximum absolute atomic E-state index is 13.7. The highest BCUT2D eigenvalue weighted by molar-refractivity contribution is 5.24. The van der Waals surface area contributed by atoms with Crippen molar-refractivity contribution in [1.82, 2.24) is 9.78 Å². The molecule has 94 valence electrons. The predicted octanol–water partition coefficient (Wildman–Crippen LogP) is 1.20. The van der Waals surface area contributed by atoms with Crippen molar-refractivity contribution in [2.45, 2.75) is 20.0 Å². The van der Waals surface area contributed by atoms with Crippen LogP contribution in [0.3, 0.4) is 0 Å². The highest BCUT2D eigenvalue weighted by Crippen LogP contribution is 2.10. The average molecular weight is 247 g/mol. The number of hydrogen-bond acceptors (Lipinski definition) is 3. The van der Waals surface area contributed by atoms with Gasteiger partial charge in [-0.1, -0.05) is 12.1 Å². The standard InChI is InChI=1S/C13H14FN3O/c1-9-4-13(18)17(16-7-9)8-11-3-2-10(6-15)5-12(11)14/h2-5,7H,6,8,15H2,1H3. The molecule has 18 heavy (non-hydrogen) atoms. The van der Waals surface area contributed by atoms with Crippen molar-refractivity contribution in [3.63, 3.8) is 0 Å². The van der Waals surface area contributed by atoms with Gasteiger partial charge in [0.1, 0.15) is 5.82 Å². The number of hydrogen-bond donors (Lipinski definition) is 1. The van der Waals surface area contributed by atoms with Gasteiger partial charge >= 0.3 is 0 Å². The van der Waals surface area contributed by atoms with Crippen LogP contribution in [0.25, 0.3) is 0 Å². The van der Waals surface area contributed by atoms with Crippen molar-refractivity contribution in [2.24, 2.45) is 5.73 Å². The third-order valence-electron chi connectivity index (χ3n) is 2.68. The van der Waals surface area contributed by atoms with E-state index in [1.165, 1.54) is 16.8 Å². The van der Waals surface area contributed by atoms with Gasteiger partial charge in [0, 0.05) is 18.2 Å². The zero-order chi connectivity index (χ0) is 13.1. The number of halogens is 1. The Labute approximate surface area is 104 Å². The van der Waals surface area contributed by atoms with Crippen molar-refractivity contribution in [3.05, 3.63) is 63.3 Å². The summed E-state index contributed by atoms with van der Waals surface area (Å²) in [6.07, 6.45) is 1.58. The number of nitrogens with zero attached hydrogens (tertiary/aromatic N) is 2. The summed E-state index contributed by atoms with van der Waals surface area (Å²) in [6, 6.07) is 6.23. The van der Waals surface area contributed by atoms with Gasteiger partial charge in [-0.25, -0.2) is 9.07 Å². The molecule has 0 saturated heterocycles. The summed E-state index contributed by atoms with van der Waals surface area (Å²) in [6.45, 7) is 2.20. The summed E-state index contributed by atoms with van der Waals surface area (Å²) >= 11 is 0. The number of aromatic nitrogens is 2. The number of aryl methyl sites for hydroxylation is 1. The molecule has 1 aromatic heterocycles. The van der Waals surface area contributed by atoms with E-state index >= 15 is 0 Å². The van der Waals surface area contributed by atoms with Crippen molar-refractivity contribution in [1.29, 1.82) is 0 Å². The zero-order valence-electron chi connectivity index (χ0n) is 10.1. The summed E-state index contributed by atoms with van der Waals surface area (Å²) in [7, 11) is 0. The normalized spacial score (nSPS) is 10.6. The van der Waals surface area contributed by atoms with Gasteiger partial charge in [0.2, 0.25) is 0 Å². The van der Waals surface area contributed by atoms with E-state index in [1.807, 2.05) is 0 Å². The highest BCUT2D eigenvalue weighted by Gasteiger charge is 2.06. The van der Waals surface area contributed by atoms with Gasteiger partial charge in [-0.05, 0) is 24.1 Å². The van der Waals surface area contributed by atoms with E-state index in [1.54, 1.807) is 25.3 Å². The first-order chi connectivity index (χ1) is 8.60. The van der Waals surface area contributed by atoms with Crippen molar-refractivity contribution in [3.8, 4) is 0 Å². The van der Waals surface area contributed by atoms with Crippen LogP contribution in [-0.4, -0.2) is 9.78 Å². The minimum Gasteiger partial charge on any atom is -0.326 e. The minimum atomic E-state index is -0.368. The van der Waals surface area contributed by atoms with E-state index in [4.69, 9.17) is 5.73 Å². The Hall–Kier alpha value is -2.01. The molecule has 2 rings (SSSR count). The van der Waals surface area contributed by atoms with Crippen LogP contribution in [0.4, 0.5) is 4.39 Å². The molecule has 5 heteroatoms. The zero-order valence-corrected chi connectivity index (χ0v) is 10.1. The minimum absolute atomic E-state index is 0.121. The molecule has 0 fully saturated rings. The van der Waals surface area contributed by atoms with Gasteiger partial charge in [-0.15, -0.1) is 0 Å². The SMILES string of the molecule is Cc1cnn(Cc2ccc(CN)cc2F)c(=O)c1.